The molecular formula is C21H30N4O2S. The molecule has 2 aromatic rings. The van der Waals surface area contributed by atoms with Crippen molar-refractivity contribution in [1.82, 2.24) is 19.3 Å². The van der Waals surface area contributed by atoms with Gasteiger partial charge in [0.15, 0.2) is 10.9 Å². The molecule has 152 valence electrons. The minimum Gasteiger partial charge on any atom is -0.383 e. The fourth-order valence-corrected chi connectivity index (χ4v) is 4.55. The summed E-state index contributed by atoms with van der Waals surface area (Å²) in [4.78, 5) is 12.8. The molecule has 0 aliphatic heterocycles. The summed E-state index contributed by atoms with van der Waals surface area (Å²) in [7, 11) is 1.67. The summed E-state index contributed by atoms with van der Waals surface area (Å²) in [5.74, 6) is 0.503. The van der Waals surface area contributed by atoms with E-state index in [1.807, 2.05) is 10.6 Å². The van der Waals surface area contributed by atoms with Crippen LogP contribution in [0.25, 0.3) is 0 Å². The predicted octanol–water partition coefficient (Wildman–Crippen LogP) is 4.21. The van der Waals surface area contributed by atoms with Gasteiger partial charge < -0.3 is 13.9 Å². The lowest BCUT2D eigenvalue weighted by atomic mass is 9.97. The van der Waals surface area contributed by atoms with Gasteiger partial charge in [-0.25, -0.2) is 0 Å². The average molecular weight is 403 g/mol. The molecule has 0 atom stereocenters. The number of hydrogen-bond acceptors (Lipinski definition) is 5. The van der Waals surface area contributed by atoms with E-state index in [0.29, 0.717) is 18.9 Å². The van der Waals surface area contributed by atoms with Gasteiger partial charge in [-0.1, -0.05) is 23.4 Å². The van der Waals surface area contributed by atoms with Crippen LogP contribution in [0.3, 0.4) is 0 Å². The van der Waals surface area contributed by atoms with Crippen molar-refractivity contribution in [1.29, 1.82) is 0 Å². The van der Waals surface area contributed by atoms with Crippen molar-refractivity contribution in [3.05, 3.63) is 41.0 Å². The molecule has 0 bridgehead atoms. The van der Waals surface area contributed by atoms with E-state index in [2.05, 4.69) is 34.7 Å². The Balaban J connectivity index is 1.61. The monoisotopic (exact) mass is 402 g/mol. The summed E-state index contributed by atoms with van der Waals surface area (Å²) in [5, 5.41) is 8.82. The van der Waals surface area contributed by atoms with E-state index in [1.54, 1.807) is 19.0 Å². The fourth-order valence-electron chi connectivity index (χ4n) is 3.72. The summed E-state index contributed by atoms with van der Waals surface area (Å²) >= 11 is 1.43. The van der Waals surface area contributed by atoms with Crippen molar-refractivity contribution in [2.24, 2.45) is 0 Å². The van der Waals surface area contributed by atoms with Crippen molar-refractivity contribution in [3.63, 3.8) is 0 Å². The first-order valence-electron chi connectivity index (χ1n) is 9.97. The summed E-state index contributed by atoms with van der Waals surface area (Å²) in [6.45, 7) is 6.38. The molecule has 28 heavy (non-hydrogen) atoms. The molecule has 0 amide bonds. The first kappa shape index (κ1) is 20.9. The van der Waals surface area contributed by atoms with E-state index in [9.17, 15) is 4.79 Å². The maximum atomic E-state index is 12.8. The predicted molar refractivity (Wildman–Crippen MR) is 112 cm³/mol. The lowest BCUT2D eigenvalue weighted by Crippen LogP contribution is -2.09. The SMILES string of the molecule is COCCn1cnnc1SCC(=O)c1cc(C)n(CCC2=CCCCC2)c1C. The number of Topliss-reactive ketones (excluding diaryl/α,β-unsaturated/α-hetero) is 1. The first-order valence-corrected chi connectivity index (χ1v) is 11.0. The smallest absolute Gasteiger partial charge is 0.191 e. The Morgan fingerprint density at radius 3 is 2.89 bits per heavy atom. The number of thioether (sulfide) groups is 1. The van der Waals surface area contributed by atoms with E-state index in [4.69, 9.17) is 4.74 Å². The third-order valence-corrected chi connectivity index (χ3v) is 6.35. The average Bonchev–Trinajstić information content (AvgIpc) is 3.27. The number of aryl methyl sites for hydroxylation is 1. The number of allylic oxidation sites excluding steroid dienone is 2. The molecule has 0 radical (unpaired) electrons. The number of aromatic nitrogens is 4. The second kappa shape index (κ2) is 10.1. The lowest BCUT2D eigenvalue weighted by molar-refractivity contribution is 0.102. The molecule has 7 heteroatoms. The van der Waals surface area contributed by atoms with Crippen molar-refractivity contribution in [2.45, 2.75) is 64.2 Å². The maximum Gasteiger partial charge on any atom is 0.191 e. The molecule has 0 spiro atoms. The van der Waals surface area contributed by atoms with Gasteiger partial charge in [0.05, 0.1) is 12.4 Å². The summed E-state index contributed by atoms with van der Waals surface area (Å²) < 4.78 is 9.31. The van der Waals surface area contributed by atoms with Crippen LogP contribution in [0, 0.1) is 13.8 Å². The third-order valence-electron chi connectivity index (χ3n) is 5.36. The van der Waals surface area contributed by atoms with Crippen LogP contribution < -0.4 is 0 Å². The third kappa shape index (κ3) is 5.14. The van der Waals surface area contributed by atoms with E-state index in [0.717, 1.165) is 35.1 Å². The van der Waals surface area contributed by atoms with Gasteiger partial charge in [0.2, 0.25) is 0 Å². The number of nitrogens with zero attached hydrogens (tertiary/aromatic N) is 4. The minimum absolute atomic E-state index is 0.141. The number of ketones is 1. The highest BCUT2D eigenvalue weighted by atomic mass is 32.2. The van der Waals surface area contributed by atoms with Crippen LogP contribution in [0.5, 0.6) is 0 Å². The number of ether oxygens (including phenoxy) is 1. The number of hydrogen-bond donors (Lipinski definition) is 0. The van der Waals surface area contributed by atoms with Crippen molar-refractivity contribution in [2.75, 3.05) is 19.5 Å². The van der Waals surface area contributed by atoms with Gasteiger partial charge in [0.25, 0.3) is 0 Å². The molecule has 6 nitrogen and oxygen atoms in total. The molecule has 1 aliphatic carbocycles. The van der Waals surface area contributed by atoms with Crippen LogP contribution in [0.2, 0.25) is 0 Å². The Morgan fingerprint density at radius 1 is 1.29 bits per heavy atom. The standard InChI is InChI=1S/C21H30N4O2S/c1-16-13-19(17(2)25(16)10-9-18-7-5-4-6-8-18)20(26)14-28-21-23-22-15-24(21)11-12-27-3/h7,13,15H,4-6,8-12,14H2,1-3H3. The molecule has 2 heterocycles. The molecule has 0 unspecified atom stereocenters. The minimum atomic E-state index is 0.141. The maximum absolute atomic E-state index is 12.8. The summed E-state index contributed by atoms with van der Waals surface area (Å²) in [6.07, 6.45) is 10.2. The zero-order valence-corrected chi connectivity index (χ0v) is 17.9. The van der Waals surface area contributed by atoms with Crippen molar-refractivity contribution >= 4 is 17.5 Å². The van der Waals surface area contributed by atoms with E-state index >= 15 is 0 Å². The zero-order valence-electron chi connectivity index (χ0n) is 17.1. The van der Waals surface area contributed by atoms with Crippen molar-refractivity contribution in [3.8, 4) is 0 Å². The Kier molecular flexibility index (Phi) is 7.50. The van der Waals surface area contributed by atoms with Crippen LogP contribution in [-0.4, -0.2) is 44.6 Å². The van der Waals surface area contributed by atoms with Crippen LogP contribution in [0.15, 0.2) is 29.2 Å². The number of carbonyl (C=O) groups is 1. The topological polar surface area (TPSA) is 61.9 Å². The van der Waals surface area contributed by atoms with E-state index in [-0.39, 0.29) is 5.78 Å². The Bertz CT molecular complexity index is 838. The second-order valence-electron chi connectivity index (χ2n) is 7.31. The molecule has 0 saturated carbocycles. The largest absolute Gasteiger partial charge is 0.383 e. The molecule has 2 aromatic heterocycles. The lowest BCUT2D eigenvalue weighted by Gasteiger charge is -2.15. The molecule has 0 fully saturated rings. The number of rotatable bonds is 10. The van der Waals surface area contributed by atoms with Gasteiger partial charge in [0.1, 0.15) is 6.33 Å². The highest BCUT2D eigenvalue weighted by Crippen LogP contribution is 2.24. The highest BCUT2D eigenvalue weighted by Gasteiger charge is 2.17. The van der Waals surface area contributed by atoms with Crippen LogP contribution in [-0.2, 0) is 17.8 Å². The van der Waals surface area contributed by atoms with Gasteiger partial charge >= 0.3 is 0 Å². The van der Waals surface area contributed by atoms with E-state index < -0.39 is 0 Å². The van der Waals surface area contributed by atoms with Gasteiger partial charge in [-0.15, -0.1) is 10.2 Å². The highest BCUT2D eigenvalue weighted by molar-refractivity contribution is 7.99. The molecular weight excluding hydrogens is 372 g/mol. The van der Waals surface area contributed by atoms with Crippen molar-refractivity contribution < 1.29 is 9.53 Å². The normalized spacial score (nSPS) is 14.3. The Labute approximate surface area is 171 Å². The number of carbonyl (C=O) groups excluding carboxylic acids is 1. The Morgan fingerprint density at radius 2 is 2.14 bits per heavy atom. The molecule has 0 aromatic carbocycles. The number of methoxy groups -OCH3 is 1. The van der Waals surface area contributed by atoms with Gasteiger partial charge in [-0.2, -0.15) is 0 Å². The quantitative estimate of drug-likeness (QED) is 0.338. The van der Waals surface area contributed by atoms with Gasteiger partial charge in [-0.3, -0.25) is 4.79 Å². The molecule has 0 N–H and O–H groups in total. The van der Waals surface area contributed by atoms with Gasteiger partial charge in [0, 0.05) is 37.2 Å². The summed E-state index contributed by atoms with van der Waals surface area (Å²) in [6, 6.07) is 2.03. The zero-order chi connectivity index (χ0) is 19.9. The second-order valence-corrected chi connectivity index (χ2v) is 8.25. The van der Waals surface area contributed by atoms with Crippen LogP contribution in [0.4, 0.5) is 0 Å². The van der Waals surface area contributed by atoms with E-state index in [1.165, 1.54) is 37.4 Å². The Hall–Kier alpha value is -1.86. The first-order chi connectivity index (χ1) is 13.6. The molecule has 1 aliphatic rings. The van der Waals surface area contributed by atoms with Gasteiger partial charge in [-0.05, 0) is 52.0 Å². The molecule has 0 saturated heterocycles. The van der Waals surface area contributed by atoms with Crippen LogP contribution in [0.1, 0.15) is 53.8 Å². The summed E-state index contributed by atoms with van der Waals surface area (Å²) in [5.41, 5.74) is 4.62. The fraction of sp³-hybridized carbons (Fsp3) is 0.571. The van der Waals surface area contributed by atoms with Crippen LogP contribution >= 0.6 is 11.8 Å². The molecule has 3 rings (SSSR count).